The molecule has 0 unspecified atom stereocenters. The molecule has 4 aromatic carbocycles. The average molecular weight is 480 g/mol. The fraction of sp³-hybridized carbons (Fsp3) is 0.222. The molecule has 0 saturated carbocycles. The zero-order valence-corrected chi connectivity index (χ0v) is 22.4. The number of anilines is 2. The summed E-state index contributed by atoms with van der Waals surface area (Å²) >= 11 is 0. The van der Waals surface area contributed by atoms with Gasteiger partial charge in [-0.3, -0.25) is 0 Å². The Kier molecular flexibility index (Phi) is 4.59. The summed E-state index contributed by atoms with van der Waals surface area (Å²) in [5.41, 5.74) is 14.8. The van der Waals surface area contributed by atoms with Crippen LogP contribution in [0.25, 0.3) is 34.4 Å². The van der Waals surface area contributed by atoms with Crippen molar-refractivity contribution in [2.45, 2.75) is 51.9 Å². The van der Waals surface area contributed by atoms with Gasteiger partial charge in [-0.05, 0) is 105 Å². The van der Waals surface area contributed by atoms with Crippen LogP contribution in [0.5, 0.6) is 0 Å². The number of allylic oxidation sites excluding steroid dienone is 2. The maximum atomic E-state index is 3.62. The maximum absolute atomic E-state index is 3.62. The SMILES string of the molecule is Cc1ccc(Nc2ccc3c(c2)C(C)(C)c2cc4c(cc2-3)C(C)(C)c2ccc3c(c2-4)=CC=CCC=3)cc1. The van der Waals surface area contributed by atoms with E-state index >= 15 is 0 Å². The first-order valence-corrected chi connectivity index (χ1v) is 13.4. The molecule has 0 radical (unpaired) electrons. The summed E-state index contributed by atoms with van der Waals surface area (Å²) in [5.74, 6) is 0. The van der Waals surface area contributed by atoms with Gasteiger partial charge < -0.3 is 5.32 Å². The van der Waals surface area contributed by atoms with Crippen molar-refractivity contribution < 1.29 is 0 Å². The molecule has 0 heterocycles. The van der Waals surface area contributed by atoms with Crippen molar-refractivity contribution in [2.75, 3.05) is 5.32 Å². The normalized spacial score (nSPS) is 16.9. The van der Waals surface area contributed by atoms with Gasteiger partial charge in [-0.1, -0.05) is 87.9 Å². The van der Waals surface area contributed by atoms with E-state index in [9.17, 15) is 0 Å². The first-order valence-electron chi connectivity index (χ1n) is 13.4. The zero-order chi connectivity index (χ0) is 25.5. The van der Waals surface area contributed by atoms with Gasteiger partial charge in [-0.15, -0.1) is 0 Å². The minimum absolute atomic E-state index is 0.0293. The molecule has 37 heavy (non-hydrogen) atoms. The third-order valence-electron chi connectivity index (χ3n) is 8.92. The van der Waals surface area contributed by atoms with E-state index in [2.05, 4.69) is 131 Å². The van der Waals surface area contributed by atoms with Gasteiger partial charge in [0.2, 0.25) is 0 Å². The number of fused-ring (bicyclic) bond motifs is 8. The van der Waals surface area contributed by atoms with Gasteiger partial charge in [0, 0.05) is 22.2 Å². The topological polar surface area (TPSA) is 12.0 Å². The monoisotopic (exact) mass is 479 g/mol. The Morgan fingerprint density at radius 1 is 0.649 bits per heavy atom. The molecule has 0 fully saturated rings. The third kappa shape index (κ3) is 3.16. The molecule has 0 aromatic heterocycles. The van der Waals surface area contributed by atoms with Crippen LogP contribution in [0.1, 0.15) is 61.9 Å². The van der Waals surface area contributed by atoms with E-state index in [1.165, 1.54) is 60.5 Å². The molecule has 0 aliphatic heterocycles. The molecule has 7 rings (SSSR count). The molecular weight excluding hydrogens is 446 g/mol. The lowest BCUT2D eigenvalue weighted by Crippen LogP contribution is -2.28. The lowest BCUT2D eigenvalue weighted by molar-refractivity contribution is 0.652. The highest BCUT2D eigenvalue weighted by atomic mass is 14.9. The Balaban J connectivity index is 1.40. The maximum Gasteiger partial charge on any atom is 0.0387 e. The van der Waals surface area contributed by atoms with Gasteiger partial charge in [0.15, 0.2) is 0 Å². The van der Waals surface area contributed by atoms with E-state index < -0.39 is 0 Å². The fourth-order valence-corrected chi connectivity index (χ4v) is 6.77. The molecule has 3 aliphatic rings. The summed E-state index contributed by atoms with van der Waals surface area (Å²) in [4.78, 5) is 0. The van der Waals surface area contributed by atoms with Crippen LogP contribution >= 0.6 is 0 Å². The Labute approximate surface area is 219 Å². The predicted molar refractivity (Wildman–Crippen MR) is 158 cm³/mol. The highest BCUT2D eigenvalue weighted by molar-refractivity contribution is 5.91. The molecule has 0 spiro atoms. The largest absolute Gasteiger partial charge is 0.356 e. The number of nitrogens with one attached hydrogen (secondary N) is 1. The molecule has 3 aliphatic carbocycles. The van der Waals surface area contributed by atoms with Crippen LogP contribution in [0.4, 0.5) is 11.4 Å². The second-order valence-corrected chi connectivity index (χ2v) is 12.0. The van der Waals surface area contributed by atoms with Crippen LogP contribution in [-0.4, -0.2) is 0 Å². The number of hydrogen-bond acceptors (Lipinski definition) is 1. The van der Waals surface area contributed by atoms with Crippen LogP contribution in [0.3, 0.4) is 0 Å². The molecule has 1 nitrogen and oxygen atoms in total. The lowest BCUT2D eigenvalue weighted by Gasteiger charge is -2.24. The summed E-state index contributed by atoms with van der Waals surface area (Å²) < 4.78 is 0. The van der Waals surface area contributed by atoms with Gasteiger partial charge in [-0.25, -0.2) is 0 Å². The van der Waals surface area contributed by atoms with E-state index in [0.29, 0.717) is 0 Å². The quantitative estimate of drug-likeness (QED) is 0.308. The van der Waals surface area contributed by atoms with E-state index in [1.54, 1.807) is 0 Å². The van der Waals surface area contributed by atoms with Crippen molar-refractivity contribution in [3.63, 3.8) is 0 Å². The molecule has 182 valence electrons. The number of benzene rings is 4. The summed E-state index contributed by atoms with van der Waals surface area (Å²) in [6, 6.07) is 25.2. The van der Waals surface area contributed by atoms with E-state index in [-0.39, 0.29) is 10.8 Å². The van der Waals surface area contributed by atoms with Crippen LogP contribution in [0.15, 0.2) is 78.9 Å². The van der Waals surface area contributed by atoms with Gasteiger partial charge in [0.25, 0.3) is 0 Å². The standard InChI is InChI=1S/C36H33N/c1-22-11-14-24(15-12-22)37-25-16-17-27-28-20-33-29(21-32(28)36(4,5)31(27)19-25)34-26-10-8-6-7-9-23(26)13-18-30(34)35(33,2)3/h6,8-21,37H,7H2,1-5H3. The fourth-order valence-electron chi connectivity index (χ4n) is 6.77. The minimum Gasteiger partial charge on any atom is -0.356 e. The Morgan fingerprint density at radius 2 is 1.32 bits per heavy atom. The number of aryl methyl sites for hydroxylation is 1. The summed E-state index contributed by atoms with van der Waals surface area (Å²) in [7, 11) is 0. The van der Waals surface area contributed by atoms with Crippen LogP contribution < -0.4 is 15.8 Å². The average Bonchev–Trinajstić information content (AvgIpc) is 3.09. The molecule has 0 saturated heterocycles. The van der Waals surface area contributed by atoms with E-state index in [4.69, 9.17) is 0 Å². The summed E-state index contributed by atoms with van der Waals surface area (Å²) in [5, 5.41) is 6.34. The van der Waals surface area contributed by atoms with Gasteiger partial charge in [-0.2, -0.15) is 0 Å². The van der Waals surface area contributed by atoms with Crippen molar-refractivity contribution in [3.05, 3.63) is 117 Å². The molecule has 0 atom stereocenters. The first kappa shape index (κ1) is 22.4. The highest BCUT2D eigenvalue weighted by Crippen LogP contribution is 2.55. The smallest absolute Gasteiger partial charge is 0.0387 e. The zero-order valence-electron chi connectivity index (χ0n) is 22.4. The van der Waals surface area contributed by atoms with Crippen molar-refractivity contribution in [1.29, 1.82) is 0 Å². The van der Waals surface area contributed by atoms with Crippen molar-refractivity contribution in [3.8, 4) is 22.3 Å². The van der Waals surface area contributed by atoms with Crippen molar-refractivity contribution in [1.82, 2.24) is 0 Å². The van der Waals surface area contributed by atoms with E-state index in [1.807, 2.05) is 0 Å². The van der Waals surface area contributed by atoms with Gasteiger partial charge in [0.1, 0.15) is 0 Å². The molecule has 4 aromatic rings. The van der Waals surface area contributed by atoms with E-state index in [0.717, 1.165) is 17.8 Å². The second-order valence-electron chi connectivity index (χ2n) is 12.0. The Morgan fingerprint density at radius 3 is 2.14 bits per heavy atom. The first-order chi connectivity index (χ1) is 17.7. The third-order valence-corrected chi connectivity index (χ3v) is 8.92. The van der Waals surface area contributed by atoms with Crippen molar-refractivity contribution in [2.24, 2.45) is 0 Å². The predicted octanol–water partition coefficient (Wildman–Crippen LogP) is 7.87. The highest BCUT2D eigenvalue weighted by Gasteiger charge is 2.42. The van der Waals surface area contributed by atoms with Gasteiger partial charge in [0.05, 0.1) is 0 Å². The van der Waals surface area contributed by atoms with Crippen LogP contribution in [0.2, 0.25) is 0 Å². The summed E-state index contributed by atoms with van der Waals surface area (Å²) in [6.45, 7) is 11.7. The number of hydrogen-bond donors (Lipinski definition) is 1. The lowest BCUT2D eigenvalue weighted by atomic mass is 9.79. The second kappa shape index (κ2) is 7.59. The Bertz CT molecular complexity index is 1760. The molecule has 0 bridgehead atoms. The van der Waals surface area contributed by atoms with Crippen LogP contribution in [-0.2, 0) is 10.8 Å². The van der Waals surface area contributed by atoms with Gasteiger partial charge >= 0.3 is 0 Å². The molecule has 1 heteroatoms. The Hall–Kier alpha value is -3.84. The molecule has 0 amide bonds. The minimum atomic E-state index is -0.0704. The van der Waals surface area contributed by atoms with Crippen molar-refractivity contribution >= 4 is 23.5 Å². The van der Waals surface area contributed by atoms with Crippen LogP contribution in [0, 0.1) is 6.92 Å². The molecule has 1 N–H and O–H groups in total. The summed E-state index contributed by atoms with van der Waals surface area (Å²) in [6.07, 6.45) is 10.1. The molecular formula is C36H33N. The number of rotatable bonds is 2.